The third kappa shape index (κ3) is 1.71. The predicted molar refractivity (Wildman–Crippen MR) is 61.3 cm³/mol. The maximum atomic E-state index is 5.87. The van der Waals surface area contributed by atoms with E-state index in [-0.39, 0.29) is 5.28 Å². The van der Waals surface area contributed by atoms with E-state index in [0.717, 1.165) is 17.0 Å². The third-order valence-corrected chi connectivity index (χ3v) is 3.17. The van der Waals surface area contributed by atoms with Gasteiger partial charge in [0.1, 0.15) is 0 Å². The molecule has 1 aliphatic rings. The van der Waals surface area contributed by atoms with Gasteiger partial charge in [-0.1, -0.05) is 17.8 Å². The molecule has 0 bridgehead atoms. The Balaban J connectivity index is 1.97. The Morgan fingerprint density at radius 2 is 2.19 bits per heavy atom. The summed E-state index contributed by atoms with van der Waals surface area (Å²) in [6.45, 7) is 0. The van der Waals surface area contributed by atoms with Crippen molar-refractivity contribution >= 4 is 28.6 Å². The number of imidazole rings is 1. The number of nitrogens with zero attached hydrogens (tertiary/aromatic N) is 2. The van der Waals surface area contributed by atoms with E-state index in [1.54, 1.807) is 6.33 Å². The molecule has 0 aromatic carbocycles. The quantitative estimate of drug-likeness (QED) is 0.784. The number of hydrogen-bond donors (Lipinski definition) is 2. The molecule has 5 nitrogen and oxygen atoms in total. The fourth-order valence-electron chi connectivity index (χ4n) is 2.22. The minimum absolute atomic E-state index is 0.267. The van der Waals surface area contributed by atoms with Gasteiger partial charge in [0.2, 0.25) is 5.52 Å². The molecule has 3 rings (SSSR count). The average molecular weight is 239 g/mol. The smallest absolute Gasteiger partial charge is 0.306 e. The molecule has 0 spiro atoms. The molecule has 2 aromatic heterocycles. The Morgan fingerprint density at radius 3 is 3.00 bits per heavy atom. The van der Waals surface area contributed by atoms with E-state index in [9.17, 15) is 0 Å². The lowest BCUT2D eigenvalue weighted by molar-refractivity contribution is -0.347. The van der Waals surface area contributed by atoms with Crippen LogP contribution < -0.4 is 10.3 Å². The number of rotatable bonds is 2. The summed E-state index contributed by atoms with van der Waals surface area (Å²) >= 11 is 5.87. The molecule has 2 aromatic rings. The largest absolute Gasteiger partial charge is 0.364 e. The number of H-pyrrole nitrogens is 2. The fourth-order valence-corrected chi connectivity index (χ4v) is 2.39. The molecule has 2 heterocycles. The minimum atomic E-state index is 0.267. The highest BCUT2D eigenvalue weighted by atomic mass is 35.5. The van der Waals surface area contributed by atoms with Crippen LogP contribution in [0, 0.1) is 0 Å². The molecule has 1 saturated carbocycles. The molecule has 84 valence electrons. The summed E-state index contributed by atoms with van der Waals surface area (Å²) in [5, 5.41) is 3.69. The van der Waals surface area contributed by atoms with Crippen LogP contribution >= 0.6 is 11.6 Å². The summed E-state index contributed by atoms with van der Waals surface area (Å²) in [6.07, 6.45) is 6.71. The maximum absolute atomic E-state index is 5.87. The van der Waals surface area contributed by atoms with Crippen LogP contribution in [-0.4, -0.2) is 21.0 Å². The van der Waals surface area contributed by atoms with Crippen LogP contribution in [0.5, 0.6) is 0 Å². The number of nitrogens with one attached hydrogen (secondary N) is 3. The number of hydrogen-bond acceptors (Lipinski definition) is 3. The monoisotopic (exact) mass is 238 g/mol. The van der Waals surface area contributed by atoms with Crippen molar-refractivity contribution in [2.45, 2.75) is 31.7 Å². The summed E-state index contributed by atoms with van der Waals surface area (Å²) in [5.74, 6) is 0.795. The molecule has 3 N–H and O–H groups in total. The van der Waals surface area contributed by atoms with E-state index < -0.39 is 0 Å². The Labute approximate surface area is 97.7 Å². The van der Waals surface area contributed by atoms with Crippen LogP contribution in [0.2, 0.25) is 5.28 Å². The average Bonchev–Trinajstić information content (AvgIpc) is 2.87. The Morgan fingerprint density at radius 1 is 1.38 bits per heavy atom. The molecule has 1 fully saturated rings. The van der Waals surface area contributed by atoms with Gasteiger partial charge in [0.05, 0.1) is 0 Å². The standard InChI is InChI=1S/C10H12ClN5/c11-10-15-8-7(12-5-13-8)9(16-10)14-6-3-1-2-4-6/h5-6H,1-4H2,(H2,12,13,14,15,16)/p+1. The lowest BCUT2D eigenvalue weighted by Crippen LogP contribution is -2.16. The van der Waals surface area contributed by atoms with Crippen LogP contribution in [0.15, 0.2) is 6.33 Å². The number of halogens is 1. The zero-order valence-electron chi connectivity index (χ0n) is 8.76. The van der Waals surface area contributed by atoms with E-state index in [1.165, 1.54) is 25.7 Å². The van der Waals surface area contributed by atoms with Crippen molar-refractivity contribution in [1.82, 2.24) is 15.0 Å². The zero-order chi connectivity index (χ0) is 11.0. The first-order valence-corrected chi connectivity index (χ1v) is 5.89. The van der Waals surface area contributed by atoms with E-state index in [2.05, 4.69) is 25.3 Å². The highest BCUT2D eigenvalue weighted by molar-refractivity contribution is 6.28. The van der Waals surface area contributed by atoms with Gasteiger partial charge < -0.3 is 5.32 Å². The molecule has 0 saturated heterocycles. The lowest BCUT2D eigenvalue weighted by atomic mass is 10.2. The fraction of sp³-hybridized carbons (Fsp3) is 0.500. The van der Waals surface area contributed by atoms with Gasteiger partial charge in [-0.3, -0.25) is 4.98 Å². The normalized spacial score (nSPS) is 17.1. The van der Waals surface area contributed by atoms with Crippen molar-refractivity contribution in [1.29, 1.82) is 0 Å². The first-order chi connectivity index (χ1) is 7.83. The van der Waals surface area contributed by atoms with Gasteiger partial charge in [-0.2, -0.15) is 4.98 Å². The minimum Gasteiger partial charge on any atom is -0.364 e. The Kier molecular flexibility index (Phi) is 2.40. The van der Waals surface area contributed by atoms with Crippen molar-refractivity contribution in [3.63, 3.8) is 0 Å². The second kappa shape index (κ2) is 3.90. The molecule has 0 unspecified atom stereocenters. The van der Waals surface area contributed by atoms with E-state index in [0.29, 0.717) is 6.04 Å². The first kappa shape index (κ1) is 9.84. The van der Waals surface area contributed by atoms with Gasteiger partial charge in [-0.25, -0.2) is 4.98 Å². The van der Waals surface area contributed by atoms with Gasteiger partial charge in [0.15, 0.2) is 12.1 Å². The van der Waals surface area contributed by atoms with Gasteiger partial charge >= 0.3 is 10.9 Å². The molecule has 6 heteroatoms. The van der Waals surface area contributed by atoms with Crippen LogP contribution in [0.1, 0.15) is 25.7 Å². The van der Waals surface area contributed by atoms with Crippen molar-refractivity contribution in [3.8, 4) is 0 Å². The molecular formula is C10H13ClN5+. The van der Waals surface area contributed by atoms with Gasteiger partial charge in [-0.15, -0.1) is 0 Å². The van der Waals surface area contributed by atoms with E-state index in [1.807, 2.05) is 0 Å². The van der Waals surface area contributed by atoms with Gasteiger partial charge in [-0.05, 0) is 24.4 Å². The number of aromatic nitrogens is 4. The summed E-state index contributed by atoms with van der Waals surface area (Å²) in [4.78, 5) is 14.4. The van der Waals surface area contributed by atoms with Gasteiger partial charge in [0, 0.05) is 6.04 Å². The van der Waals surface area contributed by atoms with E-state index >= 15 is 0 Å². The molecule has 0 radical (unpaired) electrons. The third-order valence-electron chi connectivity index (χ3n) is 3.00. The summed E-state index contributed by atoms with van der Waals surface area (Å²) in [7, 11) is 0. The zero-order valence-corrected chi connectivity index (χ0v) is 9.51. The molecule has 0 atom stereocenters. The van der Waals surface area contributed by atoms with Crippen molar-refractivity contribution in [2.75, 3.05) is 5.32 Å². The number of fused-ring (bicyclic) bond motifs is 1. The Hall–Kier alpha value is -1.36. The molecule has 0 aliphatic heterocycles. The highest BCUT2D eigenvalue weighted by Crippen LogP contribution is 2.24. The van der Waals surface area contributed by atoms with Crippen LogP contribution in [0.4, 0.5) is 5.82 Å². The topological polar surface area (TPSA) is 67.7 Å². The highest BCUT2D eigenvalue weighted by Gasteiger charge is 2.20. The van der Waals surface area contributed by atoms with Gasteiger partial charge in [0.25, 0.3) is 0 Å². The predicted octanol–water partition coefficient (Wildman–Crippen LogP) is 1.78. The molecule has 1 aliphatic carbocycles. The number of aromatic amines is 2. The van der Waals surface area contributed by atoms with Crippen LogP contribution in [0.3, 0.4) is 0 Å². The molecule has 16 heavy (non-hydrogen) atoms. The maximum Gasteiger partial charge on any atom is 0.306 e. The summed E-state index contributed by atoms with van der Waals surface area (Å²) in [6, 6.07) is 0.512. The SMILES string of the molecule is Clc1nc(NC2CCCC2)c2[nH]c[nH+]c2n1. The molecular weight excluding hydrogens is 226 g/mol. The first-order valence-electron chi connectivity index (χ1n) is 5.52. The second-order valence-electron chi connectivity index (χ2n) is 4.12. The van der Waals surface area contributed by atoms with Crippen LogP contribution in [0.25, 0.3) is 11.2 Å². The van der Waals surface area contributed by atoms with Crippen molar-refractivity contribution in [2.24, 2.45) is 0 Å². The van der Waals surface area contributed by atoms with Crippen molar-refractivity contribution in [3.05, 3.63) is 11.6 Å². The Bertz CT molecular complexity index is 503. The summed E-state index contributed by atoms with van der Waals surface area (Å²) in [5.41, 5.74) is 1.62. The van der Waals surface area contributed by atoms with Crippen LogP contribution in [-0.2, 0) is 0 Å². The van der Waals surface area contributed by atoms with E-state index in [4.69, 9.17) is 11.6 Å². The van der Waals surface area contributed by atoms with Crippen molar-refractivity contribution < 1.29 is 4.98 Å². The number of anilines is 1. The molecule has 0 amide bonds. The second-order valence-corrected chi connectivity index (χ2v) is 4.46. The lowest BCUT2D eigenvalue weighted by Gasteiger charge is -2.11. The summed E-state index contributed by atoms with van der Waals surface area (Å²) < 4.78 is 0.